The summed E-state index contributed by atoms with van der Waals surface area (Å²) in [6.07, 6.45) is 0.497. The van der Waals surface area contributed by atoms with E-state index in [0.717, 1.165) is 12.1 Å². The normalized spacial score (nSPS) is 10.2. The molecule has 21 heavy (non-hydrogen) atoms. The molecule has 0 fully saturated rings. The van der Waals surface area contributed by atoms with E-state index in [1.54, 1.807) is 0 Å². The molecule has 0 bridgehead atoms. The molecule has 6 heteroatoms. The number of carbonyl (C=O) groups excluding carboxylic acids is 2. The van der Waals surface area contributed by atoms with Gasteiger partial charge in [0.15, 0.2) is 12.4 Å². The summed E-state index contributed by atoms with van der Waals surface area (Å²) in [5, 5.41) is 0.603. The van der Waals surface area contributed by atoms with E-state index < -0.39 is 5.82 Å². The largest absolute Gasteiger partial charge is 0.485 e. The van der Waals surface area contributed by atoms with E-state index in [1.807, 2.05) is 0 Å². The van der Waals surface area contributed by atoms with Crippen LogP contribution in [0, 0.1) is 5.82 Å². The molecule has 0 amide bonds. The van der Waals surface area contributed by atoms with Gasteiger partial charge in [-0.3, -0.25) is 9.59 Å². The second kappa shape index (κ2) is 6.70. The number of ketones is 1. The molecule has 0 aliphatic carbocycles. The van der Waals surface area contributed by atoms with Gasteiger partial charge in [-0.2, -0.15) is 0 Å². The first-order chi connectivity index (χ1) is 9.99. The first-order valence-electron chi connectivity index (χ1n) is 5.86. The van der Waals surface area contributed by atoms with Crippen LogP contribution in [-0.2, 0) is 0 Å². The summed E-state index contributed by atoms with van der Waals surface area (Å²) in [7, 11) is 0. The Hall–Kier alpha value is -1.91. The van der Waals surface area contributed by atoms with Gasteiger partial charge in [0, 0.05) is 17.2 Å². The van der Waals surface area contributed by atoms with Crippen molar-refractivity contribution < 1.29 is 18.7 Å². The number of hydrogen-bond acceptors (Lipinski definition) is 3. The summed E-state index contributed by atoms with van der Waals surface area (Å²) in [6.45, 7) is -0.306. The standard InChI is InChI=1S/C15H9Cl2FO3/c16-13-2-1-10(5-14(13)17)15(20)8-21-12-4-9(7-19)3-11(18)6-12/h1-7H,8H2. The van der Waals surface area contributed by atoms with E-state index >= 15 is 0 Å². The monoisotopic (exact) mass is 326 g/mol. The average molecular weight is 327 g/mol. The van der Waals surface area contributed by atoms with Gasteiger partial charge in [-0.25, -0.2) is 4.39 Å². The summed E-state index contributed by atoms with van der Waals surface area (Å²) in [6, 6.07) is 7.96. The molecular weight excluding hydrogens is 318 g/mol. The molecule has 0 aromatic heterocycles. The van der Waals surface area contributed by atoms with Crippen molar-refractivity contribution in [2.75, 3.05) is 6.61 Å². The summed E-state index contributed by atoms with van der Waals surface area (Å²) < 4.78 is 18.4. The van der Waals surface area contributed by atoms with E-state index in [2.05, 4.69) is 0 Å². The maximum absolute atomic E-state index is 13.2. The Morgan fingerprint density at radius 2 is 1.90 bits per heavy atom. The quantitative estimate of drug-likeness (QED) is 0.610. The lowest BCUT2D eigenvalue weighted by Gasteiger charge is -2.07. The number of halogens is 3. The Morgan fingerprint density at radius 1 is 1.14 bits per heavy atom. The van der Waals surface area contributed by atoms with Crippen LogP contribution in [0.1, 0.15) is 20.7 Å². The number of aldehydes is 1. The molecule has 3 nitrogen and oxygen atoms in total. The summed E-state index contributed by atoms with van der Waals surface area (Å²) >= 11 is 11.6. The van der Waals surface area contributed by atoms with Crippen molar-refractivity contribution in [3.05, 3.63) is 63.4 Å². The first kappa shape index (κ1) is 15.5. The van der Waals surface area contributed by atoms with Gasteiger partial charge in [0.2, 0.25) is 0 Å². The van der Waals surface area contributed by atoms with Gasteiger partial charge >= 0.3 is 0 Å². The predicted molar refractivity (Wildman–Crippen MR) is 78.1 cm³/mol. The molecule has 0 atom stereocenters. The van der Waals surface area contributed by atoms with Crippen LogP contribution in [0.3, 0.4) is 0 Å². The third-order valence-electron chi connectivity index (χ3n) is 2.64. The van der Waals surface area contributed by atoms with Crippen LogP contribution in [0.25, 0.3) is 0 Å². The van der Waals surface area contributed by atoms with Crippen molar-refractivity contribution >= 4 is 35.3 Å². The molecule has 0 saturated heterocycles. The highest BCUT2D eigenvalue weighted by Gasteiger charge is 2.10. The molecule has 0 heterocycles. The van der Waals surface area contributed by atoms with Gasteiger partial charge < -0.3 is 4.74 Å². The van der Waals surface area contributed by atoms with Crippen molar-refractivity contribution in [1.29, 1.82) is 0 Å². The highest BCUT2D eigenvalue weighted by atomic mass is 35.5. The highest BCUT2D eigenvalue weighted by Crippen LogP contribution is 2.23. The molecule has 2 aromatic carbocycles. The van der Waals surface area contributed by atoms with Crippen LogP contribution in [0.2, 0.25) is 10.0 Å². The first-order valence-corrected chi connectivity index (χ1v) is 6.62. The molecule has 0 unspecified atom stereocenters. The second-order valence-corrected chi connectivity index (χ2v) is 4.99. The van der Waals surface area contributed by atoms with Crippen LogP contribution >= 0.6 is 23.2 Å². The molecule has 2 rings (SSSR count). The van der Waals surface area contributed by atoms with Gasteiger partial charge in [0.05, 0.1) is 10.0 Å². The molecule has 0 aliphatic heterocycles. The number of Topliss-reactive ketones (excluding diaryl/α,β-unsaturated/α-hetero) is 1. The fourth-order valence-electron chi connectivity index (χ4n) is 1.64. The Kier molecular flexibility index (Phi) is 4.94. The predicted octanol–water partition coefficient (Wildman–Crippen LogP) is 4.21. The Labute approximate surface area is 130 Å². The van der Waals surface area contributed by atoms with Crippen molar-refractivity contribution in [2.45, 2.75) is 0 Å². The lowest BCUT2D eigenvalue weighted by atomic mass is 10.1. The zero-order valence-corrected chi connectivity index (χ0v) is 12.1. The van der Waals surface area contributed by atoms with E-state index in [1.165, 1.54) is 24.3 Å². The Morgan fingerprint density at radius 3 is 2.57 bits per heavy atom. The highest BCUT2D eigenvalue weighted by molar-refractivity contribution is 6.42. The Balaban J connectivity index is 2.08. The summed E-state index contributed by atoms with van der Waals surface area (Å²) in [5.74, 6) is -0.854. The molecule has 0 aliphatic rings. The number of benzene rings is 2. The van der Waals surface area contributed by atoms with Gasteiger partial charge in [0.1, 0.15) is 17.9 Å². The SMILES string of the molecule is O=Cc1cc(F)cc(OCC(=O)c2ccc(Cl)c(Cl)c2)c1. The van der Waals surface area contributed by atoms with E-state index in [9.17, 15) is 14.0 Å². The fraction of sp³-hybridized carbons (Fsp3) is 0.0667. The van der Waals surface area contributed by atoms with Crippen LogP contribution in [-0.4, -0.2) is 18.7 Å². The van der Waals surface area contributed by atoms with Gasteiger partial charge in [-0.15, -0.1) is 0 Å². The van der Waals surface area contributed by atoms with E-state index in [4.69, 9.17) is 27.9 Å². The van der Waals surface area contributed by atoms with Crippen molar-refractivity contribution in [2.24, 2.45) is 0 Å². The van der Waals surface area contributed by atoms with Crippen LogP contribution in [0.15, 0.2) is 36.4 Å². The lowest BCUT2D eigenvalue weighted by Crippen LogP contribution is -2.11. The summed E-state index contributed by atoms with van der Waals surface area (Å²) in [5.41, 5.74) is 0.461. The third-order valence-corrected chi connectivity index (χ3v) is 3.38. The minimum absolute atomic E-state index is 0.102. The zero-order chi connectivity index (χ0) is 15.4. The van der Waals surface area contributed by atoms with E-state index in [0.29, 0.717) is 16.9 Å². The molecule has 108 valence electrons. The second-order valence-electron chi connectivity index (χ2n) is 4.18. The minimum Gasteiger partial charge on any atom is -0.485 e. The third kappa shape index (κ3) is 4.03. The van der Waals surface area contributed by atoms with Gasteiger partial charge in [-0.05, 0) is 30.3 Å². The number of rotatable bonds is 5. The van der Waals surface area contributed by atoms with Crippen LogP contribution in [0.5, 0.6) is 5.75 Å². The molecule has 0 saturated carbocycles. The molecule has 2 aromatic rings. The number of ether oxygens (including phenoxy) is 1. The van der Waals surface area contributed by atoms with Gasteiger partial charge in [0.25, 0.3) is 0 Å². The smallest absolute Gasteiger partial charge is 0.200 e. The summed E-state index contributed by atoms with van der Waals surface area (Å²) in [4.78, 5) is 22.6. The van der Waals surface area contributed by atoms with Crippen molar-refractivity contribution in [3.8, 4) is 5.75 Å². The van der Waals surface area contributed by atoms with E-state index in [-0.39, 0.29) is 28.7 Å². The fourth-order valence-corrected chi connectivity index (χ4v) is 1.94. The maximum Gasteiger partial charge on any atom is 0.200 e. The van der Waals surface area contributed by atoms with Crippen molar-refractivity contribution in [3.63, 3.8) is 0 Å². The molecular formula is C15H9Cl2FO3. The van der Waals surface area contributed by atoms with Crippen LogP contribution < -0.4 is 4.74 Å². The van der Waals surface area contributed by atoms with Gasteiger partial charge in [-0.1, -0.05) is 23.2 Å². The molecule has 0 spiro atoms. The number of hydrogen-bond donors (Lipinski definition) is 0. The average Bonchev–Trinajstić information content (AvgIpc) is 2.47. The minimum atomic E-state index is -0.614. The lowest BCUT2D eigenvalue weighted by molar-refractivity contribution is 0.0921. The molecule has 0 N–H and O–H groups in total. The topological polar surface area (TPSA) is 43.4 Å². The number of carbonyl (C=O) groups is 2. The maximum atomic E-state index is 13.2. The van der Waals surface area contributed by atoms with Crippen molar-refractivity contribution in [1.82, 2.24) is 0 Å². The Bertz CT molecular complexity index is 701. The van der Waals surface area contributed by atoms with Crippen LogP contribution in [0.4, 0.5) is 4.39 Å². The zero-order valence-electron chi connectivity index (χ0n) is 10.6. The molecule has 0 radical (unpaired) electrons.